The molecule has 5 nitrogen and oxygen atoms in total. The molecular weight excluding hydrogens is 292 g/mol. The Hall–Kier alpha value is -2.69. The highest BCUT2D eigenvalue weighted by Crippen LogP contribution is 2.29. The average molecular weight is 314 g/mol. The molecule has 0 fully saturated rings. The summed E-state index contributed by atoms with van der Waals surface area (Å²) in [4.78, 5) is 12.5. The summed E-state index contributed by atoms with van der Waals surface area (Å²) < 4.78 is 10.6. The summed E-state index contributed by atoms with van der Waals surface area (Å²) in [6.07, 6.45) is 0.638. The van der Waals surface area contributed by atoms with Crippen molar-refractivity contribution in [1.82, 2.24) is 0 Å². The van der Waals surface area contributed by atoms with Gasteiger partial charge in [-0.25, -0.2) is 0 Å². The minimum atomic E-state index is -0.379. The number of carbonyl (C=O) groups excluding carboxylic acids is 1. The Balaban J connectivity index is 2.14. The number of anilines is 2. The fraction of sp³-hybridized carbons (Fsp3) is 0.278. The first kappa shape index (κ1) is 16.7. The highest BCUT2D eigenvalue weighted by molar-refractivity contribution is 5.96. The molecule has 0 saturated carbocycles. The number of amides is 1. The smallest absolute Gasteiger partial charge is 0.246 e. The van der Waals surface area contributed by atoms with Gasteiger partial charge in [0.25, 0.3) is 0 Å². The lowest BCUT2D eigenvalue weighted by Gasteiger charge is -2.20. The fourth-order valence-electron chi connectivity index (χ4n) is 2.22. The van der Waals surface area contributed by atoms with Crippen LogP contribution in [0.5, 0.6) is 11.5 Å². The van der Waals surface area contributed by atoms with E-state index in [1.807, 2.05) is 55.5 Å². The van der Waals surface area contributed by atoms with Gasteiger partial charge >= 0.3 is 0 Å². The number of nitrogens with one attached hydrogen (secondary N) is 2. The number of methoxy groups -OCH3 is 2. The van der Waals surface area contributed by atoms with Crippen molar-refractivity contribution in [3.05, 3.63) is 48.5 Å². The Bertz CT molecular complexity index is 644. The van der Waals surface area contributed by atoms with E-state index >= 15 is 0 Å². The van der Waals surface area contributed by atoms with Crippen LogP contribution in [0.1, 0.15) is 13.3 Å². The van der Waals surface area contributed by atoms with Gasteiger partial charge in [0.1, 0.15) is 17.5 Å². The van der Waals surface area contributed by atoms with Crippen LogP contribution in [0.3, 0.4) is 0 Å². The highest BCUT2D eigenvalue weighted by Gasteiger charge is 2.18. The van der Waals surface area contributed by atoms with Crippen molar-refractivity contribution in [3.63, 3.8) is 0 Å². The van der Waals surface area contributed by atoms with Gasteiger partial charge in [0, 0.05) is 11.8 Å². The molecule has 23 heavy (non-hydrogen) atoms. The molecule has 0 saturated heterocycles. The van der Waals surface area contributed by atoms with Gasteiger partial charge in [-0.05, 0) is 30.7 Å². The number of para-hydroxylation sites is 1. The summed E-state index contributed by atoms with van der Waals surface area (Å²) >= 11 is 0. The number of carbonyl (C=O) groups is 1. The molecule has 122 valence electrons. The number of hydrogen-bond donors (Lipinski definition) is 2. The van der Waals surface area contributed by atoms with E-state index in [4.69, 9.17) is 9.47 Å². The number of hydrogen-bond acceptors (Lipinski definition) is 4. The summed E-state index contributed by atoms with van der Waals surface area (Å²) in [5.41, 5.74) is 1.50. The van der Waals surface area contributed by atoms with Crippen molar-refractivity contribution in [2.24, 2.45) is 0 Å². The summed E-state index contributed by atoms with van der Waals surface area (Å²) in [5.74, 6) is 1.27. The van der Waals surface area contributed by atoms with Crippen LogP contribution in [0.15, 0.2) is 48.5 Å². The summed E-state index contributed by atoms with van der Waals surface area (Å²) in [6.45, 7) is 1.95. The van der Waals surface area contributed by atoms with Crippen LogP contribution < -0.4 is 20.1 Å². The van der Waals surface area contributed by atoms with Gasteiger partial charge in [-0.2, -0.15) is 0 Å². The monoisotopic (exact) mass is 314 g/mol. The molecule has 1 atom stereocenters. The molecule has 0 heterocycles. The van der Waals surface area contributed by atoms with Gasteiger partial charge in [0.15, 0.2) is 0 Å². The largest absolute Gasteiger partial charge is 0.497 e. The van der Waals surface area contributed by atoms with Crippen LogP contribution in [0.25, 0.3) is 0 Å². The number of rotatable bonds is 7. The molecule has 0 aliphatic heterocycles. The highest BCUT2D eigenvalue weighted by atomic mass is 16.5. The molecular formula is C18H22N2O3. The van der Waals surface area contributed by atoms with Gasteiger partial charge in [-0.1, -0.05) is 25.1 Å². The number of ether oxygens (including phenoxy) is 2. The predicted molar refractivity (Wildman–Crippen MR) is 92.3 cm³/mol. The lowest BCUT2D eigenvalue weighted by atomic mass is 10.1. The van der Waals surface area contributed by atoms with E-state index in [2.05, 4.69) is 10.6 Å². The van der Waals surface area contributed by atoms with Gasteiger partial charge in [-0.3, -0.25) is 4.79 Å². The first-order valence-corrected chi connectivity index (χ1v) is 7.52. The molecule has 0 aromatic heterocycles. The Morgan fingerprint density at radius 3 is 2.43 bits per heavy atom. The van der Waals surface area contributed by atoms with E-state index < -0.39 is 0 Å². The zero-order chi connectivity index (χ0) is 16.7. The first-order valence-electron chi connectivity index (χ1n) is 7.52. The third-order valence-electron chi connectivity index (χ3n) is 3.50. The maximum Gasteiger partial charge on any atom is 0.246 e. The van der Waals surface area contributed by atoms with Crippen LogP contribution >= 0.6 is 0 Å². The lowest BCUT2D eigenvalue weighted by Crippen LogP contribution is -2.34. The Labute approximate surface area is 136 Å². The minimum absolute atomic E-state index is 0.0939. The quantitative estimate of drug-likeness (QED) is 0.821. The summed E-state index contributed by atoms with van der Waals surface area (Å²) in [7, 11) is 3.20. The lowest BCUT2D eigenvalue weighted by molar-refractivity contribution is -0.116. The Kier molecular flexibility index (Phi) is 5.86. The predicted octanol–water partition coefficient (Wildman–Crippen LogP) is 3.53. The molecule has 1 amide bonds. The molecule has 0 aliphatic carbocycles. The molecule has 0 unspecified atom stereocenters. The van der Waals surface area contributed by atoms with E-state index in [-0.39, 0.29) is 11.9 Å². The van der Waals surface area contributed by atoms with E-state index in [9.17, 15) is 4.79 Å². The Morgan fingerprint density at radius 1 is 1.09 bits per heavy atom. The standard InChI is InChI=1S/C18H22N2O3/c1-4-15(18(21)19-13-8-6-5-7-9-13)20-16-12-14(22-2)10-11-17(16)23-3/h5-12,15,20H,4H2,1-3H3,(H,19,21)/t15-/m1/s1. The molecule has 5 heteroatoms. The fourth-order valence-corrected chi connectivity index (χ4v) is 2.22. The van der Waals surface area contributed by atoms with E-state index in [0.717, 1.165) is 11.4 Å². The summed E-state index contributed by atoms with van der Waals surface area (Å²) in [6, 6.07) is 14.5. The normalized spacial score (nSPS) is 11.4. The van der Waals surface area contributed by atoms with Crippen molar-refractivity contribution in [2.45, 2.75) is 19.4 Å². The van der Waals surface area contributed by atoms with Gasteiger partial charge in [0.2, 0.25) is 5.91 Å². The SMILES string of the molecule is CC[C@@H](Nc1cc(OC)ccc1OC)C(=O)Nc1ccccc1. The topological polar surface area (TPSA) is 59.6 Å². The van der Waals surface area contributed by atoms with E-state index in [1.165, 1.54) is 0 Å². The Morgan fingerprint density at radius 2 is 1.83 bits per heavy atom. The third-order valence-corrected chi connectivity index (χ3v) is 3.50. The average Bonchev–Trinajstić information content (AvgIpc) is 2.60. The molecule has 0 spiro atoms. The van der Waals surface area contributed by atoms with Gasteiger partial charge in [-0.15, -0.1) is 0 Å². The maximum atomic E-state index is 12.5. The van der Waals surface area contributed by atoms with Crippen molar-refractivity contribution >= 4 is 17.3 Å². The molecule has 0 radical (unpaired) electrons. The van der Waals surface area contributed by atoms with Crippen LogP contribution in [0.4, 0.5) is 11.4 Å². The van der Waals surface area contributed by atoms with Crippen molar-refractivity contribution < 1.29 is 14.3 Å². The van der Waals surface area contributed by atoms with Crippen molar-refractivity contribution in [1.29, 1.82) is 0 Å². The van der Waals surface area contributed by atoms with Crippen LogP contribution in [-0.4, -0.2) is 26.2 Å². The van der Waals surface area contributed by atoms with Gasteiger partial charge in [0.05, 0.1) is 19.9 Å². The molecule has 0 aliphatic rings. The molecule has 2 rings (SSSR count). The zero-order valence-electron chi connectivity index (χ0n) is 13.6. The molecule has 0 bridgehead atoms. The zero-order valence-corrected chi connectivity index (χ0v) is 13.6. The second kappa shape index (κ2) is 8.08. The van der Waals surface area contributed by atoms with Crippen molar-refractivity contribution in [2.75, 3.05) is 24.9 Å². The maximum absolute atomic E-state index is 12.5. The van der Waals surface area contributed by atoms with E-state index in [1.54, 1.807) is 14.2 Å². The van der Waals surface area contributed by atoms with Crippen LogP contribution in [0, 0.1) is 0 Å². The van der Waals surface area contributed by atoms with Gasteiger partial charge < -0.3 is 20.1 Å². The van der Waals surface area contributed by atoms with Crippen LogP contribution in [-0.2, 0) is 4.79 Å². The number of benzene rings is 2. The molecule has 2 aromatic rings. The van der Waals surface area contributed by atoms with E-state index in [0.29, 0.717) is 17.9 Å². The van der Waals surface area contributed by atoms with Crippen molar-refractivity contribution in [3.8, 4) is 11.5 Å². The molecule has 2 aromatic carbocycles. The second-order valence-corrected chi connectivity index (χ2v) is 5.03. The first-order chi connectivity index (χ1) is 11.2. The molecule has 2 N–H and O–H groups in total. The van der Waals surface area contributed by atoms with Crippen LogP contribution in [0.2, 0.25) is 0 Å². The third kappa shape index (κ3) is 4.39. The second-order valence-electron chi connectivity index (χ2n) is 5.03. The minimum Gasteiger partial charge on any atom is -0.497 e. The summed E-state index contributed by atoms with van der Waals surface area (Å²) in [5, 5.41) is 6.13.